The summed E-state index contributed by atoms with van der Waals surface area (Å²) in [5, 5.41) is 7.02. The van der Waals surface area contributed by atoms with E-state index in [4.69, 9.17) is 0 Å². The Hall–Kier alpha value is -2.10. The highest BCUT2D eigenvalue weighted by Crippen LogP contribution is 2.27. The molecule has 0 aliphatic carbocycles. The Bertz CT molecular complexity index is 591. The van der Waals surface area contributed by atoms with Gasteiger partial charge in [-0.3, -0.25) is 9.89 Å². The molecule has 1 aliphatic rings. The van der Waals surface area contributed by atoms with E-state index < -0.39 is 0 Å². The first-order valence-corrected chi connectivity index (χ1v) is 7.16. The number of aromatic nitrogens is 2. The number of aromatic amines is 1. The number of carbonyl (C=O) groups is 1. The van der Waals surface area contributed by atoms with Gasteiger partial charge in [-0.25, -0.2) is 0 Å². The summed E-state index contributed by atoms with van der Waals surface area (Å²) in [7, 11) is 0. The Kier molecular flexibility index (Phi) is 3.54. The topological polar surface area (TPSA) is 49.0 Å². The van der Waals surface area contributed by atoms with Gasteiger partial charge in [-0.1, -0.05) is 37.3 Å². The summed E-state index contributed by atoms with van der Waals surface area (Å²) in [5.41, 5.74) is 2.86. The van der Waals surface area contributed by atoms with Gasteiger partial charge in [0.15, 0.2) is 0 Å². The third-order valence-corrected chi connectivity index (χ3v) is 3.98. The molecule has 1 aliphatic heterocycles. The molecule has 0 radical (unpaired) electrons. The van der Waals surface area contributed by atoms with E-state index in [1.807, 2.05) is 24.0 Å². The molecule has 1 aromatic heterocycles. The van der Waals surface area contributed by atoms with Crippen LogP contribution in [0.3, 0.4) is 0 Å². The zero-order valence-corrected chi connectivity index (χ0v) is 11.7. The van der Waals surface area contributed by atoms with Crippen LogP contribution in [0, 0.1) is 0 Å². The quantitative estimate of drug-likeness (QED) is 0.931. The van der Waals surface area contributed by atoms with Crippen LogP contribution in [0.1, 0.15) is 41.0 Å². The third-order valence-electron chi connectivity index (χ3n) is 3.98. The molecule has 20 heavy (non-hydrogen) atoms. The molecule has 4 heteroatoms. The lowest BCUT2D eigenvalue weighted by atomic mass is 9.99. The van der Waals surface area contributed by atoms with Gasteiger partial charge < -0.3 is 4.90 Å². The first-order valence-electron chi connectivity index (χ1n) is 7.16. The van der Waals surface area contributed by atoms with E-state index in [0.717, 1.165) is 31.6 Å². The fraction of sp³-hybridized carbons (Fsp3) is 0.375. The van der Waals surface area contributed by atoms with Crippen molar-refractivity contribution in [2.24, 2.45) is 0 Å². The fourth-order valence-electron chi connectivity index (χ4n) is 2.76. The molecule has 1 N–H and O–H groups in total. The molecule has 4 nitrogen and oxygen atoms in total. The Morgan fingerprint density at radius 2 is 2.20 bits per heavy atom. The number of benzene rings is 1. The van der Waals surface area contributed by atoms with E-state index in [-0.39, 0.29) is 5.91 Å². The summed E-state index contributed by atoms with van der Waals surface area (Å²) in [6.45, 7) is 3.65. The SMILES string of the molecule is CCc1cc(C(=O)N2CCC(c3ccccc3)C2)n[nH]1. The molecule has 2 heterocycles. The Morgan fingerprint density at radius 3 is 2.90 bits per heavy atom. The molecule has 1 aromatic carbocycles. The number of amides is 1. The molecule has 3 rings (SSSR count). The summed E-state index contributed by atoms with van der Waals surface area (Å²) < 4.78 is 0. The van der Waals surface area contributed by atoms with Crippen molar-refractivity contribution in [3.63, 3.8) is 0 Å². The number of carbonyl (C=O) groups excluding carboxylic acids is 1. The van der Waals surface area contributed by atoms with E-state index in [9.17, 15) is 4.79 Å². The summed E-state index contributed by atoms with van der Waals surface area (Å²) in [6.07, 6.45) is 1.90. The normalized spacial score (nSPS) is 18.4. The Balaban J connectivity index is 1.69. The minimum atomic E-state index is 0.0411. The molecule has 2 aromatic rings. The maximum atomic E-state index is 12.4. The Labute approximate surface area is 118 Å². The number of likely N-dealkylation sites (tertiary alicyclic amines) is 1. The lowest BCUT2D eigenvalue weighted by molar-refractivity contribution is 0.0785. The molecule has 0 saturated carbocycles. The van der Waals surface area contributed by atoms with Crippen molar-refractivity contribution in [1.29, 1.82) is 0 Å². The number of hydrogen-bond acceptors (Lipinski definition) is 2. The second-order valence-corrected chi connectivity index (χ2v) is 5.28. The second kappa shape index (κ2) is 5.49. The number of nitrogens with zero attached hydrogens (tertiary/aromatic N) is 2. The summed E-state index contributed by atoms with van der Waals surface area (Å²) >= 11 is 0. The van der Waals surface area contributed by atoms with Crippen molar-refractivity contribution >= 4 is 5.91 Å². The molecule has 0 spiro atoms. The van der Waals surface area contributed by atoms with E-state index in [0.29, 0.717) is 11.6 Å². The van der Waals surface area contributed by atoms with Crippen LogP contribution in [0.2, 0.25) is 0 Å². The third kappa shape index (κ3) is 2.46. The zero-order chi connectivity index (χ0) is 13.9. The van der Waals surface area contributed by atoms with Gasteiger partial charge in [0.2, 0.25) is 0 Å². The molecular formula is C16H19N3O. The van der Waals surface area contributed by atoms with Crippen molar-refractivity contribution in [3.05, 3.63) is 53.3 Å². The van der Waals surface area contributed by atoms with Gasteiger partial charge in [-0.15, -0.1) is 0 Å². The largest absolute Gasteiger partial charge is 0.337 e. The van der Waals surface area contributed by atoms with E-state index >= 15 is 0 Å². The van der Waals surface area contributed by atoms with Gasteiger partial charge in [-0.2, -0.15) is 5.10 Å². The standard InChI is InChI=1S/C16H19N3O/c1-2-14-10-15(18-17-14)16(20)19-9-8-13(11-19)12-6-4-3-5-7-12/h3-7,10,13H,2,8-9,11H2,1H3,(H,17,18). The molecule has 0 bridgehead atoms. The van der Waals surface area contributed by atoms with Crippen LogP contribution in [0.5, 0.6) is 0 Å². The van der Waals surface area contributed by atoms with E-state index in [1.165, 1.54) is 5.56 Å². The number of hydrogen-bond donors (Lipinski definition) is 1. The highest BCUT2D eigenvalue weighted by atomic mass is 16.2. The minimum Gasteiger partial charge on any atom is -0.337 e. The maximum absolute atomic E-state index is 12.4. The number of rotatable bonds is 3. The van der Waals surface area contributed by atoms with Gasteiger partial charge in [0, 0.05) is 24.7 Å². The Morgan fingerprint density at radius 1 is 1.40 bits per heavy atom. The number of H-pyrrole nitrogens is 1. The molecule has 1 saturated heterocycles. The fourth-order valence-corrected chi connectivity index (χ4v) is 2.76. The van der Waals surface area contributed by atoms with Crippen molar-refractivity contribution in [1.82, 2.24) is 15.1 Å². The van der Waals surface area contributed by atoms with Crippen LogP contribution >= 0.6 is 0 Å². The summed E-state index contributed by atoms with van der Waals surface area (Å²) in [4.78, 5) is 14.3. The van der Waals surface area contributed by atoms with Crippen LogP contribution < -0.4 is 0 Å². The van der Waals surface area contributed by atoms with Gasteiger partial charge >= 0.3 is 0 Å². The molecule has 1 fully saturated rings. The predicted molar refractivity (Wildman–Crippen MR) is 77.7 cm³/mol. The van der Waals surface area contributed by atoms with Crippen LogP contribution in [0.4, 0.5) is 0 Å². The van der Waals surface area contributed by atoms with Gasteiger partial charge in [-0.05, 0) is 24.5 Å². The molecule has 104 valence electrons. The average molecular weight is 269 g/mol. The van der Waals surface area contributed by atoms with Crippen LogP contribution in [-0.2, 0) is 6.42 Å². The highest BCUT2D eigenvalue weighted by Gasteiger charge is 2.28. The second-order valence-electron chi connectivity index (χ2n) is 5.28. The van der Waals surface area contributed by atoms with Crippen LogP contribution in [0.25, 0.3) is 0 Å². The number of nitrogens with one attached hydrogen (secondary N) is 1. The minimum absolute atomic E-state index is 0.0411. The summed E-state index contributed by atoms with van der Waals surface area (Å²) in [5.74, 6) is 0.490. The lowest BCUT2D eigenvalue weighted by Gasteiger charge is -2.15. The monoisotopic (exact) mass is 269 g/mol. The van der Waals surface area contributed by atoms with E-state index in [2.05, 4.69) is 34.5 Å². The molecule has 1 amide bonds. The van der Waals surface area contributed by atoms with Crippen molar-refractivity contribution in [2.75, 3.05) is 13.1 Å². The first kappa shape index (κ1) is 12.9. The maximum Gasteiger partial charge on any atom is 0.274 e. The molecule has 1 unspecified atom stereocenters. The smallest absolute Gasteiger partial charge is 0.274 e. The van der Waals surface area contributed by atoms with Crippen molar-refractivity contribution in [2.45, 2.75) is 25.7 Å². The van der Waals surface area contributed by atoms with Crippen molar-refractivity contribution < 1.29 is 4.79 Å². The molecular weight excluding hydrogens is 250 g/mol. The average Bonchev–Trinajstić information content (AvgIpc) is 3.17. The van der Waals surface area contributed by atoms with E-state index in [1.54, 1.807) is 0 Å². The summed E-state index contributed by atoms with van der Waals surface area (Å²) in [6, 6.07) is 12.3. The van der Waals surface area contributed by atoms with Gasteiger partial charge in [0.1, 0.15) is 5.69 Å². The van der Waals surface area contributed by atoms with Crippen molar-refractivity contribution in [3.8, 4) is 0 Å². The van der Waals surface area contributed by atoms with Gasteiger partial charge in [0.25, 0.3) is 5.91 Å². The lowest BCUT2D eigenvalue weighted by Crippen LogP contribution is -2.28. The number of aryl methyl sites for hydroxylation is 1. The highest BCUT2D eigenvalue weighted by molar-refractivity contribution is 5.92. The first-order chi connectivity index (χ1) is 9.78. The predicted octanol–water partition coefficient (Wildman–Crippen LogP) is 2.60. The van der Waals surface area contributed by atoms with Gasteiger partial charge in [0.05, 0.1) is 0 Å². The van der Waals surface area contributed by atoms with Crippen LogP contribution in [0.15, 0.2) is 36.4 Å². The zero-order valence-electron chi connectivity index (χ0n) is 11.7. The van der Waals surface area contributed by atoms with Crippen LogP contribution in [-0.4, -0.2) is 34.1 Å². The molecule has 1 atom stereocenters.